The maximum atomic E-state index is 5.97. The van der Waals surface area contributed by atoms with E-state index >= 15 is 0 Å². The van der Waals surface area contributed by atoms with Gasteiger partial charge in [0.15, 0.2) is 0 Å². The molecule has 2 rings (SSSR count). The standard InChI is InChI=1S/C15H24N2O2/c1-15(8-3-4-9-19-15)14(17-16)11-12-6-5-7-13(10-12)18-2/h5-7,10,14,17H,3-4,8-9,11,16H2,1-2H3. The van der Waals surface area contributed by atoms with Gasteiger partial charge < -0.3 is 9.47 Å². The Morgan fingerprint density at radius 1 is 1.47 bits per heavy atom. The fourth-order valence-electron chi connectivity index (χ4n) is 2.72. The van der Waals surface area contributed by atoms with E-state index in [-0.39, 0.29) is 11.6 Å². The highest BCUT2D eigenvalue weighted by molar-refractivity contribution is 5.29. The number of hydrogen-bond donors (Lipinski definition) is 2. The second kappa shape index (κ2) is 6.37. The molecule has 1 heterocycles. The topological polar surface area (TPSA) is 56.5 Å². The van der Waals surface area contributed by atoms with Crippen LogP contribution in [-0.2, 0) is 11.2 Å². The molecule has 4 heteroatoms. The van der Waals surface area contributed by atoms with E-state index in [9.17, 15) is 0 Å². The van der Waals surface area contributed by atoms with Gasteiger partial charge in [0.25, 0.3) is 0 Å². The van der Waals surface area contributed by atoms with E-state index in [2.05, 4.69) is 24.5 Å². The third-order valence-electron chi connectivity index (χ3n) is 4.01. The maximum absolute atomic E-state index is 5.97. The predicted octanol–water partition coefficient (Wildman–Crippen LogP) is 2.03. The van der Waals surface area contributed by atoms with E-state index in [1.165, 1.54) is 12.0 Å². The lowest BCUT2D eigenvalue weighted by Gasteiger charge is -2.40. The fourth-order valence-corrected chi connectivity index (χ4v) is 2.72. The van der Waals surface area contributed by atoms with Gasteiger partial charge in [-0.2, -0.15) is 0 Å². The first-order valence-corrected chi connectivity index (χ1v) is 6.91. The van der Waals surface area contributed by atoms with Crippen molar-refractivity contribution in [2.24, 2.45) is 5.84 Å². The molecule has 106 valence electrons. The van der Waals surface area contributed by atoms with E-state index in [1.54, 1.807) is 7.11 Å². The normalized spacial score (nSPS) is 25.0. The monoisotopic (exact) mass is 264 g/mol. The van der Waals surface area contributed by atoms with Gasteiger partial charge in [0, 0.05) is 6.61 Å². The van der Waals surface area contributed by atoms with Gasteiger partial charge in [-0.1, -0.05) is 12.1 Å². The molecule has 0 bridgehead atoms. The number of benzene rings is 1. The highest BCUT2D eigenvalue weighted by Crippen LogP contribution is 2.29. The van der Waals surface area contributed by atoms with Crippen LogP contribution in [0.25, 0.3) is 0 Å². The Bertz CT molecular complexity index is 403. The third kappa shape index (κ3) is 3.47. The van der Waals surface area contributed by atoms with Crippen molar-refractivity contribution >= 4 is 0 Å². The van der Waals surface area contributed by atoms with Crippen molar-refractivity contribution in [3.8, 4) is 5.75 Å². The Morgan fingerprint density at radius 2 is 2.32 bits per heavy atom. The summed E-state index contributed by atoms with van der Waals surface area (Å²) in [6.45, 7) is 2.98. The SMILES string of the molecule is COc1cccc(CC(NN)C2(C)CCCCO2)c1. The molecule has 0 aliphatic carbocycles. The number of hydrazine groups is 1. The summed E-state index contributed by atoms with van der Waals surface area (Å²) in [6.07, 6.45) is 4.23. The van der Waals surface area contributed by atoms with Crippen molar-refractivity contribution in [2.45, 2.75) is 44.2 Å². The molecule has 0 saturated carbocycles. The van der Waals surface area contributed by atoms with Crippen molar-refractivity contribution in [2.75, 3.05) is 13.7 Å². The van der Waals surface area contributed by atoms with Crippen LogP contribution in [0.15, 0.2) is 24.3 Å². The molecule has 0 amide bonds. The minimum atomic E-state index is -0.184. The zero-order valence-electron chi connectivity index (χ0n) is 11.8. The van der Waals surface area contributed by atoms with Crippen LogP contribution in [-0.4, -0.2) is 25.4 Å². The smallest absolute Gasteiger partial charge is 0.119 e. The number of nitrogens with two attached hydrogens (primary N) is 1. The number of rotatable bonds is 5. The molecular weight excluding hydrogens is 240 g/mol. The molecule has 1 aliphatic rings. The van der Waals surface area contributed by atoms with E-state index < -0.39 is 0 Å². The Labute approximate surface area is 115 Å². The summed E-state index contributed by atoms with van der Waals surface area (Å²) >= 11 is 0. The Morgan fingerprint density at radius 3 is 2.95 bits per heavy atom. The Balaban J connectivity index is 2.09. The molecule has 1 saturated heterocycles. The summed E-state index contributed by atoms with van der Waals surface area (Å²) in [7, 11) is 1.68. The van der Waals surface area contributed by atoms with Crippen LogP contribution in [0.5, 0.6) is 5.75 Å². The van der Waals surface area contributed by atoms with E-state index in [1.807, 2.05) is 12.1 Å². The molecule has 1 aliphatic heterocycles. The highest BCUT2D eigenvalue weighted by atomic mass is 16.5. The molecule has 2 unspecified atom stereocenters. The molecule has 1 aromatic carbocycles. The van der Waals surface area contributed by atoms with Crippen LogP contribution in [0.3, 0.4) is 0 Å². The van der Waals surface area contributed by atoms with Gasteiger partial charge in [0.2, 0.25) is 0 Å². The van der Waals surface area contributed by atoms with Crippen LogP contribution in [0.1, 0.15) is 31.7 Å². The summed E-state index contributed by atoms with van der Waals surface area (Å²) in [6, 6.07) is 8.22. The average Bonchev–Trinajstić information content (AvgIpc) is 2.45. The van der Waals surface area contributed by atoms with Crippen LogP contribution in [0, 0.1) is 0 Å². The van der Waals surface area contributed by atoms with Crippen molar-refractivity contribution in [1.29, 1.82) is 0 Å². The summed E-state index contributed by atoms with van der Waals surface area (Å²) < 4.78 is 11.2. The van der Waals surface area contributed by atoms with Gasteiger partial charge in [0.05, 0.1) is 18.8 Å². The number of ether oxygens (including phenoxy) is 2. The zero-order valence-corrected chi connectivity index (χ0v) is 11.8. The van der Waals surface area contributed by atoms with Crippen LogP contribution >= 0.6 is 0 Å². The summed E-state index contributed by atoms with van der Waals surface area (Å²) in [5, 5.41) is 0. The summed E-state index contributed by atoms with van der Waals surface area (Å²) in [4.78, 5) is 0. The molecule has 19 heavy (non-hydrogen) atoms. The maximum Gasteiger partial charge on any atom is 0.119 e. The Hall–Kier alpha value is -1.10. The predicted molar refractivity (Wildman–Crippen MR) is 76.0 cm³/mol. The van der Waals surface area contributed by atoms with Gasteiger partial charge in [0.1, 0.15) is 5.75 Å². The first-order valence-electron chi connectivity index (χ1n) is 6.91. The van der Waals surface area contributed by atoms with Gasteiger partial charge >= 0.3 is 0 Å². The first kappa shape index (κ1) is 14.3. The highest BCUT2D eigenvalue weighted by Gasteiger charge is 2.36. The van der Waals surface area contributed by atoms with Gasteiger partial charge in [-0.15, -0.1) is 0 Å². The van der Waals surface area contributed by atoms with E-state index in [0.29, 0.717) is 0 Å². The quantitative estimate of drug-likeness (QED) is 0.631. The lowest BCUT2D eigenvalue weighted by molar-refractivity contribution is -0.0884. The largest absolute Gasteiger partial charge is 0.497 e. The minimum absolute atomic E-state index is 0.111. The first-order chi connectivity index (χ1) is 9.18. The lowest BCUT2D eigenvalue weighted by Crippen LogP contribution is -2.55. The molecule has 1 aromatic rings. The zero-order chi connectivity index (χ0) is 13.7. The van der Waals surface area contributed by atoms with E-state index in [4.69, 9.17) is 15.3 Å². The van der Waals surface area contributed by atoms with Crippen molar-refractivity contribution in [1.82, 2.24) is 5.43 Å². The molecular formula is C15H24N2O2. The van der Waals surface area contributed by atoms with Gasteiger partial charge in [-0.25, -0.2) is 0 Å². The number of methoxy groups -OCH3 is 1. The van der Waals surface area contributed by atoms with Crippen LogP contribution < -0.4 is 16.0 Å². The number of nitrogens with one attached hydrogen (secondary N) is 1. The molecule has 0 spiro atoms. The van der Waals surface area contributed by atoms with E-state index in [0.717, 1.165) is 31.6 Å². The lowest BCUT2D eigenvalue weighted by atomic mass is 9.85. The molecule has 0 aromatic heterocycles. The summed E-state index contributed by atoms with van der Waals surface area (Å²) in [5.74, 6) is 6.62. The van der Waals surface area contributed by atoms with Gasteiger partial charge in [-0.05, 0) is 50.3 Å². The molecule has 0 radical (unpaired) electrons. The Kier molecular flexibility index (Phi) is 4.80. The second-order valence-corrected chi connectivity index (χ2v) is 5.39. The molecule has 1 fully saturated rings. The molecule has 4 nitrogen and oxygen atoms in total. The van der Waals surface area contributed by atoms with Gasteiger partial charge in [-0.3, -0.25) is 11.3 Å². The van der Waals surface area contributed by atoms with Crippen LogP contribution in [0.4, 0.5) is 0 Å². The van der Waals surface area contributed by atoms with Crippen LogP contribution in [0.2, 0.25) is 0 Å². The third-order valence-corrected chi connectivity index (χ3v) is 4.01. The minimum Gasteiger partial charge on any atom is -0.497 e. The summed E-state index contributed by atoms with van der Waals surface area (Å²) in [5.41, 5.74) is 3.95. The van der Waals surface area contributed by atoms with Crippen molar-refractivity contribution in [3.63, 3.8) is 0 Å². The fraction of sp³-hybridized carbons (Fsp3) is 0.600. The second-order valence-electron chi connectivity index (χ2n) is 5.39. The molecule has 3 N–H and O–H groups in total. The number of hydrogen-bond acceptors (Lipinski definition) is 4. The average molecular weight is 264 g/mol. The van der Waals surface area contributed by atoms with Crippen molar-refractivity contribution < 1.29 is 9.47 Å². The van der Waals surface area contributed by atoms with Crippen molar-refractivity contribution in [3.05, 3.63) is 29.8 Å². The molecule has 2 atom stereocenters.